The van der Waals surface area contributed by atoms with Crippen molar-refractivity contribution in [2.75, 3.05) is 16.8 Å². The summed E-state index contributed by atoms with van der Waals surface area (Å²) < 4.78 is 0. The highest BCUT2D eigenvalue weighted by Gasteiger charge is 2.22. The fraction of sp³-hybridized carbons (Fsp3) is 0.467. The second kappa shape index (κ2) is 5.94. The van der Waals surface area contributed by atoms with Gasteiger partial charge < -0.3 is 15.3 Å². The summed E-state index contributed by atoms with van der Waals surface area (Å²) in [5.41, 5.74) is 3.13. The summed E-state index contributed by atoms with van der Waals surface area (Å²) in [5, 5.41) is 12.0. The third-order valence-electron chi connectivity index (χ3n) is 3.56. The second-order valence-corrected chi connectivity index (χ2v) is 5.24. The zero-order chi connectivity index (χ0) is 14.7. The molecule has 5 heteroatoms. The number of carbonyl (C=O) groups excluding carboxylic acids is 1. The third kappa shape index (κ3) is 3.29. The molecule has 1 aliphatic rings. The maximum atomic E-state index is 11.5. The Bertz CT molecular complexity index is 528. The number of hydrogen-bond donors (Lipinski definition) is 2. The van der Waals surface area contributed by atoms with Crippen molar-refractivity contribution in [3.63, 3.8) is 0 Å². The van der Waals surface area contributed by atoms with Crippen molar-refractivity contribution >= 4 is 23.3 Å². The summed E-state index contributed by atoms with van der Waals surface area (Å²) in [6.07, 6.45) is 1.62. The van der Waals surface area contributed by atoms with Crippen LogP contribution in [0.25, 0.3) is 0 Å². The van der Waals surface area contributed by atoms with Crippen LogP contribution in [0.3, 0.4) is 0 Å². The molecule has 0 spiro atoms. The standard InChI is InChI=1S/C15H20N2O3/c1-10(3-6-15(19)20)16-13-4-5-14-12(9-13)7-8-17(14)11(2)18/h4-5,9-10,16H,3,6-8H2,1-2H3,(H,19,20). The van der Waals surface area contributed by atoms with Crippen LogP contribution in [-0.2, 0) is 16.0 Å². The number of nitrogens with one attached hydrogen (secondary N) is 1. The van der Waals surface area contributed by atoms with Gasteiger partial charge in [-0.05, 0) is 43.5 Å². The molecule has 0 aliphatic carbocycles. The summed E-state index contributed by atoms with van der Waals surface area (Å²) in [4.78, 5) is 23.8. The predicted molar refractivity (Wildman–Crippen MR) is 78.1 cm³/mol. The van der Waals surface area contributed by atoms with Crippen molar-refractivity contribution < 1.29 is 14.7 Å². The van der Waals surface area contributed by atoms with Gasteiger partial charge in [0.2, 0.25) is 5.91 Å². The Morgan fingerprint density at radius 1 is 1.45 bits per heavy atom. The van der Waals surface area contributed by atoms with E-state index in [1.54, 1.807) is 11.8 Å². The summed E-state index contributed by atoms with van der Waals surface area (Å²) >= 11 is 0. The van der Waals surface area contributed by atoms with E-state index in [9.17, 15) is 9.59 Å². The lowest BCUT2D eigenvalue weighted by Crippen LogP contribution is -2.25. The minimum atomic E-state index is -0.773. The van der Waals surface area contributed by atoms with Gasteiger partial charge in [-0.25, -0.2) is 0 Å². The van der Waals surface area contributed by atoms with Crippen molar-refractivity contribution in [3.8, 4) is 0 Å². The molecule has 0 fully saturated rings. The molecule has 1 aliphatic heterocycles. The average molecular weight is 276 g/mol. The van der Waals surface area contributed by atoms with Gasteiger partial charge in [-0.2, -0.15) is 0 Å². The molecular formula is C15H20N2O3. The van der Waals surface area contributed by atoms with E-state index < -0.39 is 5.97 Å². The van der Waals surface area contributed by atoms with E-state index in [2.05, 4.69) is 11.4 Å². The second-order valence-electron chi connectivity index (χ2n) is 5.24. The van der Waals surface area contributed by atoms with Gasteiger partial charge in [-0.3, -0.25) is 9.59 Å². The van der Waals surface area contributed by atoms with Crippen LogP contribution in [-0.4, -0.2) is 29.6 Å². The van der Waals surface area contributed by atoms with Gasteiger partial charge in [0.25, 0.3) is 0 Å². The van der Waals surface area contributed by atoms with E-state index in [0.29, 0.717) is 6.42 Å². The highest BCUT2D eigenvalue weighted by molar-refractivity contribution is 5.94. The summed E-state index contributed by atoms with van der Waals surface area (Å²) in [7, 11) is 0. The van der Waals surface area contributed by atoms with E-state index in [4.69, 9.17) is 5.11 Å². The molecule has 1 aromatic carbocycles. The van der Waals surface area contributed by atoms with Crippen LogP contribution in [0.5, 0.6) is 0 Å². The van der Waals surface area contributed by atoms with Crippen LogP contribution >= 0.6 is 0 Å². The van der Waals surface area contributed by atoms with Gasteiger partial charge in [-0.15, -0.1) is 0 Å². The Kier molecular flexibility index (Phi) is 4.27. The lowest BCUT2D eigenvalue weighted by molar-refractivity contribution is -0.137. The van der Waals surface area contributed by atoms with Crippen molar-refractivity contribution in [2.45, 2.75) is 39.2 Å². The first-order valence-corrected chi connectivity index (χ1v) is 6.86. The van der Waals surface area contributed by atoms with Crippen LogP contribution in [0.4, 0.5) is 11.4 Å². The predicted octanol–water partition coefficient (Wildman–Crippen LogP) is 2.26. The first-order chi connectivity index (χ1) is 9.47. The van der Waals surface area contributed by atoms with Gasteiger partial charge in [0.05, 0.1) is 0 Å². The topological polar surface area (TPSA) is 69.6 Å². The Hall–Kier alpha value is -2.04. The monoisotopic (exact) mass is 276 g/mol. The van der Waals surface area contributed by atoms with E-state index in [-0.39, 0.29) is 18.4 Å². The molecule has 1 unspecified atom stereocenters. The molecule has 0 saturated heterocycles. The number of fused-ring (bicyclic) bond motifs is 1. The molecule has 0 saturated carbocycles. The Balaban J connectivity index is 2.02. The van der Waals surface area contributed by atoms with Crippen LogP contribution < -0.4 is 10.2 Å². The van der Waals surface area contributed by atoms with Crippen LogP contribution in [0.1, 0.15) is 32.3 Å². The first kappa shape index (κ1) is 14.4. The molecule has 0 radical (unpaired) electrons. The molecule has 20 heavy (non-hydrogen) atoms. The van der Waals surface area contributed by atoms with Crippen LogP contribution in [0.15, 0.2) is 18.2 Å². The number of nitrogens with zero attached hydrogens (tertiary/aromatic N) is 1. The number of benzene rings is 1. The minimum absolute atomic E-state index is 0.0688. The fourth-order valence-electron chi connectivity index (χ4n) is 2.52. The number of rotatable bonds is 5. The fourth-order valence-corrected chi connectivity index (χ4v) is 2.52. The quantitative estimate of drug-likeness (QED) is 0.865. The van der Waals surface area contributed by atoms with Crippen molar-refractivity contribution in [1.82, 2.24) is 0 Å². The van der Waals surface area contributed by atoms with Crippen LogP contribution in [0.2, 0.25) is 0 Å². The molecule has 1 aromatic rings. The number of carboxylic acids is 1. The SMILES string of the molecule is CC(=O)N1CCc2cc(NC(C)CCC(=O)O)ccc21. The maximum absolute atomic E-state index is 11.5. The van der Waals surface area contributed by atoms with E-state index in [0.717, 1.165) is 29.9 Å². The van der Waals surface area contributed by atoms with Gasteiger partial charge >= 0.3 is 5.97 Å². The minimum Gasteiger partial charge on any atom is -0.481 e. The Morgan fingerprint density at radius 3 is 2.85 bits per heavy atom. The number of carbonyl (C=O) groups is 2. The number of aliphatic carboxylic acids is 1. The summed E-state index contributed by atoms with van der Waals surface area (Å²) in [5.74, 6) is -0.705. The zero-order valence-electron chi connectivity index (χ0n) is 11.8. The lowest BCUT2D eigenvalue weighted by Gasteiger charge is -2.17. The first-order valence-electron chi connectivity index (χ1n) is 6.86. The molecule has 0 bridgehead atoms. The zero-order valence-corrected chi connectivity index (χ0v) is 11.8. The lowest BCUT2D eigenvalue weighted by atomic mass is 10.1. The third-order valence-corrected chi connectivity index (χ3v) is 3.56. The van der Waals surface area contributed by atoms with E-state index in [1.165, 1.54) is 0 Å². The smallest absolute Gasteiger partial charge is 0.303 e. The highest BCUT2D eigenvalue weighted by atomic mass is 16.4. The highest BCUT2D eigenvalue weighted by Crippen LogP contribution is 2.30. The number of carboxylic acid groups (broad SMARTS) is 1. The molecule has 0 aromatic heterocycles. The molecule has 2 rings (SSSR count). The molecule has 108 valence electrons. The Morgan fingerprint density at radius 2 is 2.20 bits per heavy atom. The van der Waals surface area contributed by atoms with Crippen molar-refractivity contribution in [3.05, 3.63) is 23.8 Å². The molecule has 1 amide bonds. The molecule has 2 N–H and O–H groups in total. The van der Waals surface area contributed by atoms with E-state index >= 15 is 0 Å². The van der Waals surface area contributed by atoms with Gasteiger partial charge in [0, 0.05) is 37.3 Å². The normalized spacial score (nSPS) is 14.8. The van der Waals surface area contributed by atoms with E-state index in [1.807, 2.05) is 19.1 Å². The summed E-state index contributed by atoms with van der Waals surface area (Å²) in [6.45, 7) is 4.29. The molecular weight excluding hydrogens is 256 g/mol. The summed E-state index contributed by atoms with van der Waals surface area (Å²) in [6, 6.07) is 6.05. The van der Waals surface area contributed by atoms with Gasteiger partial charge in [-0.1, -0.05) is 0 Å². The maximum Gasteiger partial charge on any atom is 0.303 e. The number of anilines is 2. The molecule has 5 nitrogen and oxygen atoms in total. The largest absolute Gasteiger partial charge is 0.481 e. The van der Waals surface area contributed by atoms with Crippen molar-refractivity contribution in [1.29, 1.82) is 0 Å². The Labute approximate surface area is 118 Å². The van der Waals surface area contributed by atoms with Gasteiger partial charge in [0.15, 0.2) is 0 Å². The van der Waals surface area contributed by atoms with Crippen LogP contribution in [0, 0.1) is 0 Å². The van der Waals surface area contributed by atoms with Crippen molar-refractivity contribution in [2.24, 2.45) is 0 Å². The van der Waals surface area contributed by atoms with Gasteiger partial charge in [0.1, 0.15) is 0 Å². The average Bonchev–Trinajstić information content (AvgIpc) is 2.79. The number of hydrogen-bond acceptors (Lipinski definition) is 3. The molecule has 1 atom stereocenters. The molecule has 1 heterocycles. The number of amides is 1.